The minimum Gasteiger partial charge on any atom is -0.369 e. The van der Waals surface area contributed by atoms with Gasteiger partial charge in [0.05, 0.1) is 11.7 Å². The van der Waals surface area contributed by atoms with Gasteiger partial charge in [0.25, 0.3) is 0 Å². The second-order valence-electron chi connectivity index (χ2n) is 9.48. The summed E-state index contributed by atoms with van der Waals surface area (Å²) in [7, 11) is 0. The van der Waals surface area contributed by atoms with Crippen LogP contribution in [0.5, 0.6) is 0 Å². The van der Waals surface area contributed by atoms with Crippen molar-refractivity contribution in [2.45, 2.75) is 43.4 Å². The zero-order valence-corrected chi connectivity index (χ0v) is 18.3. The molecule has 2 saturated heterocycles. The molecule has 0 bridgehead atoms. The van der Waals surface area contributed by atoms with E-state index >= 15 is 0 Å². The maximum atomic E-state index is 6.40. The van der Waals surface area contributed by atoms with E-state index in [1.165, 1.54) is 33.4 Å². The Morgan fingerprint density at radius 3 is 2.83 bits per heavy atom. The number of hydrogen-bond donors (Lipinski definition) is 3. The first-order valence-electron chi connectivity index (χ1n) is 10.9. The lowest BCUT2D eigenvalue weighted by molar-refractivity contribution is 0.0916. The quantitative estimate of drug-likeness (QED) is 0.458. The standard InChI is InChI=1S/C24H24Cl2N4/c1-24-21-15(17-11-13(26)2-4-18(17)28-21)7-9-30(24)23-20-14(6-8-27-22(20)24)16-10-12(25)3-5-19(16)29-23/h2-5,10-11,14,20,22-23,27-29H,6-9H2,1H3. The number of hydrogen-bond acceptors (Lipinski definition) is 3. The fraction of sp³-hybridized carbons (Fsp3) is 0.417. The summed E-state index contributed by atoms with van der Waals surface area (Å²) < 4.78 is 0. The Morgan fingerprint density at radius 1 is 1.10 bits per heavy atom. The van der Waals surface area contributed by atoms with Crippen molar-refractivity contribution in [2.24, 2.45) is 5.92 Å². The van der Waals surface area contributed by atoms with Crippen LogP contribution in [0.2, 0.25) is 10.0 Å². The predicted octanol–water partition coefficient (Wildman–Crippen LogP) is 5.08. The lowest BCUT2D eigenvalue weighted by Gasteiger charge is -2.45. The number of nitrogens with one attached hydrogen (secondary N) is 3. The maximum absolute atomic E-state index is 6.40. The van der Waals surface area contributed by atoms with Gasteiger partial charge in [-0.05, 0) is 79.8 Å². The lowest BCUT2D eigenvalue weighted by atomic mass is 9.70. The molecule has 4 aliphatic rings. The van der Waals surface area contributed by atoms with Gasteiger partial charge in [-0.3, -0.25) is 4.90 Å². The van der Waals surface area contributed by atoms with Crippen molar-refractivity contribution in [3.63, 3.8) is 0 Å². The fourth-order valence-corrected chi connectivity index (χ4v) is 7.44. The summed E-state index contributed by atoms with van der Waals surface area (Å²) in [4.78, 5) is 6.52. The van der Waals surface area contributed by atoms with E-state index in [0.717, 1.165) is 36.0 Å². The molecule has 2 fully saturated rings. The van der Waals surface area contributed by atoms with Crippen molar-refractivity contribution >= 4 is 39.8 Å². The summed E-state index contributed by atoms with van der Waals surface area (Å²) in [5.41, 5.74) is 6.55. The number of aromatic amines is 1. The molecule has 2 aromatic carbocycles. The third kappa shape index (κ3) is 2.11. The van der Waals surface area contributed by atoms with Crippen LogP contribution in [-0.2, 0) is 12.0 Å². The molecule has 4 aliphatic heterocycles. The second kappa shape index (κ2) is 5.95. The van der Waals surface area contributed by atoms with Crippen molar-refractivity contribution in [3.05, 3.63) is 63.3 Å². The zero-order valence-electron chi connectivity index (χ0n) is 16.8. The van der Waals surface area contributed by atoms with Gasteiger partial charge in [0.2, 0.25) is 0 Å². The number of anilines is 1. The molecule has 0 spiro atoms. The molecule has 0 radical (unpaired) electrons. The summed E-state index contributed by atoms with van der Waals surface area (Å²) in [6.45, 7) is 4.51. The van der Waals surface area contributed by atoms with Gasteiger partial charge in [-0.1, -0.05) is 23.2 Å². The van der Waals surface area contributed by atoms with Crippen LogP contribution in [0.3, 0.4) is 0 Å². The number of H-pyrrole nitrogens is 1. The smallest absolute Gasteiger partial charge is 0.0852 e. The van der Waals surface area contributed by atoms with Crippen LogP contribution in [0.15, 0.2) is 36.4 Å². The summed E-state index contributed by atoms with van der Waals surface area (Å²) in [6, 6.07) is 13.0. The van der Waals surface area contributed by atoms with E-state index < -0.39 is 0 Å². The normalized spacial score (nSPS) is 34.1. The molecule has 5 heterocycles. The molecule has 5 unspecified atom stereocenters. The van der Waals surface area contributed by atoms with E-state index in [2.05, 4.69) is 51.7 Å². The molecule has 0 aliphatic carbocycles. The van der Waals surface area contributed by atoms with Crippen LogP contribution >= 0.6 is 23.2 Å². The van der Waals surface area contributed by atoms with Crippen molar-refractivity contribution in [3.8, 4) is 0 Å². The fourth-order valence-electron chi connectivity index (χ4n) is 7.09. The third-order valence-corrected chi connectivity index (χ3v) is 8.74. The van der Waals surface area contributed by atoms with E-state index in [9.17, 15) is 0 Å². The highest BCUT2D eigenvalue weighted by Gasteiger charge is 2.63. The van der Waals surface area contributed by atoms with Crippen LogP contribution in [0.25, 0.3) is 10.9 Å². The largest absolute Gasteiger partial charge is 0.369 e. The Bertz CT molecular complexity index is 1200. The van der Waals surface area contributed by atoms with E-state index in [0.29, 0.717) is 24.0 Å². The van der Waals surface area contributed by atoms with Gasteiger partial charge >= 0.3 is 0 Å². The van der Waals surface area contributed by atoms with Gasteiger partial charge in [-0.2, -0.15) is 0 Å². The monoisotopic (exact) mass is 438 g/mol. The van der Waals surface area contributed by atoms with Gasteiger partial charge < -0.3 is 15.6 Å². The molecular weight excluding hydrogens is 415 g/mol. The molecule has 0 saturated carbocycles. The van der Waals surface area contributed by atoms with Crippen molar-refractivity contribution in [2.75, 3.05) is 18.4 Å². The molecule has 3 N–H and O–H groups in total. The molecule has 1 aromatic heterocycles. The zero-order chi connectivity index (χ0) is 20.2. The average Bonchev–Trinajstić information content (AvgIpc) is 3.23. The Balaban J connectivity index is 1.43. The molecular formula is C24H24Cl2N4. The number of benzene rings is 2. The Morgan fingerprint density at radius 2 is 1.93 bits per heavy atom. The molecule has 7 rings (SSSR count). The van der Waals surface area contributed by atoms with Gasteiger partial charge in [-0.25, -0.2) is 0 Å². The van der Waals surface area contributed by atoms with Crippen LogP contribution in [0.4, 0.5) is 5.69 Å². The van der Waals surface area contributed by atoms with Crippen molar-refractivity contribution in [1.29, 1.82) is 0 Å². The first-order chi connectivity index (χ1) is 14.6. The minimum absolute atomic E-state index is 0.0913. The molecule has 30 heavy (non-hydrogen) atoms. The Kier molecular flexibility index (Phi) is 3.55. The predicted molar refractivity (Wildman–Crippen MR) is 123 cm³/mol. The number of halogens is 2. The number of aromatic nitrogens is 1. The summed E-state index contributed by atoms with van der Waals surface area (Å²) in [5, 5.41) is 10.8. The van der Waals surface area contributed by atoms with Gasteiger partial charge in [0, 0.05) is 50.8 Å². The molecule has 4 nitrogen and oxygen atoms in total. The van der Waals surface area contributed by atoms with Crippen LogP contribution in [0, 0.1) is 5.92 Å². The van der Waals surface area contributed by atoms with E-state index in [4.69, 9.17) is 23.2 Å². The van der Waals surface area contributed by atoms with Crippen LogP contribution < -0.4 is 10.6 Å². The molecule has 154 valence electrons. The van der Waals surface area contributed by atoms with Gasteiger partial charge in [0.15, 0.2) is 0 Å². The highest BCUT2D eigenvalue weighted by Crippen LogP contribution is 2.57. The maximum Gasteiger partial charge on any atom is 0.0852 e. The average molecular weight is 439 g/mol. The summed E-state index contributed by atoms with van der Waals surface area (Å²) >= 11 is 12.8. The highest BCUT2D eigenvalue weighted by molar-refractivity contribution is 6.31. The molecule has 0 amide bonds. The Labute approximate surface area is 185 Å². The number of rotatable bonds is 0. The van der Waals surface area contributed by atoms with Crippen molar-refractivity contribution in [1.82, 2.24) is 15.2 Å². The van der Waals surface area contributed by atoms with E-state index in [-0.39, 0.29) is 5.54 Å². The van der Waals surface area contributed by atoms with E-state index in [1.807, 2.05) is 12.1 Å². The Hall–Kier alpha value is -1.72. The minimum atomic E-state index is -0.0913. The first-order valence-corrected chi connectivity index (χ1v) is 11.7. The SMILES string of the molecule is CC12c3[nH]c4ccc(Cl)cc4c3CCN1C1Nc3ccc(Cl)cc3C3CCNC2C31. The molecule has 6 heteroatoms. The van der Waals surface area contributed by atoms with Crippen molar-refractivity contribution < 1.29 is 0 Å². The van der Waals surface area contributed by atoms with Crippen LogP contribution in [0.1, 0.15) is 36.1 Å². The number of fused-ring (bicyclic) bond motifs is 9. The lowest BCUT2D eigenvalue weighted by Crippen LogP contribution is -2.56. The third-order valence-electron chi connectivity index (χ3n) is 8.27. The first kappa shape index (κ1) is 17.9. The molecule has 3 aromatic rings. The number of nitrogens with zero attached hydrogens (tertiary/aromatic N) is 1. The topological polar surface area (TPSA) is 43.1 Å². The van der Waals surface area contributed by atoms with E-state index in [1.54, 1.807) is 0 Å². The summed E-state index contributed by atoms with van der Waals surface area (Å²) in [5.74, 6) is 1.04. The highest BCUT2D eigenvalue weighted by atomic mass is 35.5. The second-order valence-corrected chi connectivity index (χ2v) is 10.4. The van der Waals surface area contributed by atoms with Gasteiger partial charge in [0.1, 0.15) is 0 Å². The summed E-state index contributed by atoms with van der Waals surface area (Å²) in [6.07, 6.45) is 2.53. The molecule has 5 atom stereocenters. The van der Waals surface area contributed by atoms with Gasteiger partial charge in [-0.15, -0.1) is 0 Å². The number of piperidine rings is 1. The van der Waals surface area contributed by atoms with Crippen LogP contribution in [-0.4, -0.2) is 35.2 Å².